The molecule has 0 aliphatic carbocycles. The van der Waals surface area contributed by atoms with Gasteiger partial charge in [0, 0.05) is 5.92 Å². The highest BCUT2D eigenvalue weighted by molar-refractivity contribution is 5.82. The van der Waals surface area contributed by atoms with Crippen molar-refractivity contribution in [3.8, 4) is 0 Å². The quantitative estimate of drug-likeness (QED) is 0.444. The average Bonchev–Trinajstić information content (AvgIpc) is 2.73. The van der Waals surface area contributed by atoms with Crippen molar-refractivity contribution < 1.29 is 22.7 Å². The van der Waals surface area contributed by atoms with E-state index in [1.807, 2.05) is 43.3 Å². The van der Waals surface area contributed by atoms with Crippen molar-refractivity contribution >= 4 is 5.91 Å². The molecule has 4 atom stereocenters. The van der Waals surface area contributed by atoms with Crippen molar-refractivity contribution in [1.82, 2.24) is 5.32 Å². The number of alkyl halides is 3. The predicted molar refractivity (Wildman–Crippen MR) is 117 cm³/mol. The number of carbonyl (C=O) groups excluding carboxylic acids is 1. The SMILES string of the molecule is C=CC[C@@](C)(O[C@H](c1ccccc1)[C@@H](C)NC(=O)C(F)(F)F)[C@@H](CC)c1ccccc1. The molecule has 2 aromatic rings. The van der Waals surface area contributed by atoms with Crippen LogP contribution in [0, 0.1) is 0 Å². The summed E-state index contributed by atoms with van der Waals surface area (Å²) in [6.45, 7) is 9.39. The Labute approximate surface area is 182 Å². The summed E-state index contributed by atoms with van der Waals surface area (Å²) in [5.74, 6) is -2.01. The van der Waals surface area contributed by atoms with Gasteiger partial charge in [-0.15, -0.1) is 6.58 Å². The molecule has 0 radical (unpaired) electrons. The standard InChI is InChI=1S/C25H30F3NO2/c1-5-17-24(4,21(6-2)19-13-9-7-10-14-19)31-22(20-15-11-8-12-16-20)18(3)29-23(30)25(26,27)28/h5,7-16,18,21-22H,1,6,17H2,2-4H3,(H,29,30)/t18-,21+,22+,24-/m1/s1. The largest absolute Gasteiger partial charge is 0.471 e. The molecule has 1 amide bonds. The fourth-order valence-electron chi connectivity index (χ4n) is 4.02. The summed E-state index contributed by atoms with van der Waals surface area (Å²) in [6, 6.07) is 18.0. The molecule has 2 aromatic carbocycles. The fraction of sp³-hybridized carbons (Fsp3) is 0.400. The molecule has 0 aliphatic heterocycles. The summed E-state index contributed by atoms with van der Waals surface area (Å²) >= 11 is 0. The van der Waals surface area contributed by atoms with Gasteiger partial charge in [-0.3, -0.25) is 4.79 Å². The number of hydrogen-bond donors (Lipinski definition) is 1. The molecule has 1 N–H and O–H groups in total. The van der Waals surface area contributed by atoms with E-state index in [1.54, 1.807) is 30.3 Å². The number of hydrogen-bond acceptors (Lipinski definition) is 2. The van der Waals surface area contributed by atoms with Crippen molar-refractivity contribution in [2.24, 2.45) is 0 Å². The Balaban J connectivity index is 2.43. The highest BCUT2D eigenvalue weighted by Gasteiger charge is 2.42. The summed E-state index contributed by atoms with van der Waals surface area (Å²) in [6.07, 6.45) is -2.74. The van der Waals surface area contributed by atoms with Crippen LogP contribution in [-0.2, 0) is 9.53 Å². The average molecular weight is 434 g/mol. The van der Waals surface area contributed by atoms with E-state index in [-0.39, 0.29) is 5.92 Å². The molecular weight excluding hydrogens is 403 g/mol. The van der Waals surface area contributed by atoms with Crippen molar-refractivity contribution in [2.45, 2.75) is 63.5 Å². The van der Waals surface area contributed by atoms with E-state index in [2.05, 4.69) is 18.8 Å². The normalized spacial score (nSPS) is 16.6. The van der Waals surface area contributed by atoms with Crippen LogP contribution in [0.25, 0.3) is 0 Å². The van der Waals surface area contributed by atoms with Crippen molar-refractivity contribution in [3.05, 3.63) is 84.4 Å². The third-order valence-corrected chi connectivity index (χ3v) is 5.49. The molecule has 0 aromatic heterocycles. The van der Waals surface area contributed by atoms with Gasteiger partial charge < -0.3 is 10.1 Å². The highest BCUT2D eigenvalue weighted by atomic mass is 19.4. The Morgan fingerprint density at radius 3 is 2.03 bits per heavy atom. The molecule has 0 aliphatic rings. The summed E-state index contributed by atoms with van der Waals surface area (Å²) in [5.41, 5.74) is 1.01. The lowest BCUT2D eigenvalue weighted by molar-refractivity contribution is -0.177. The number of nitrogens with one attached hydrogen (secondary N) is 1. The second kappa shape index (κ2) is 10.6. The minimum Gasteiger partial charge on any atom is -0.364 e. The van der Waals surface area contributed by atoms with Gasteiger partial charge in [-0.25, -0.2) is 0 Å². The topological polar surface area (TPSA) is 38.3 Å². The smallest absolute Gasteiger partial charge is 0.364 e. The van der Waals surface area contributed by atoms with E-state index in [0.717, 1.165) is 12.0 Å². The highest BCUT2D eigenvalue weighted by Crippen LogP contribution is 2.41. The van der Waals surface area contributed by atoms with Gasteiger partial charge in [-0.2, -0.15) is 13.2 Å². The zero-order valence-corrected chi connectivity index (χ0v) is 18.2. The van der Waals surface area contributed by atoms with Crippen LogP contribution < -0.4 is 5.32 Å². The summed E-state index contributed by atoms with van der Waals surface area (Å²) in [5, 5.41) is 2.07. The van der Waals surface area contributed by atoms with Gasteiger partial charge in [-0.05, 0) is 37.8 Å². The Morgan fingerprint density at radius 2 is 1.58 bits per heavy atom. The number of carbonyl (C=O) groups is 1. The van der Waals surface area contributed by atoms with Crippen LogP contribution in [0.2, 0.25) is 0 Å². The Hall–Kier alpha value is -2.60. The first-order valence-electron chi connectivity index (χ1n) is 10.4. The molecule has 0 heterocycles. The number of rotatable bonds is 10. The summed E-state index contributed by atoms with van der Waals surface area (Å²) < 4.78 is 45.2. The molecule has 0 fully saturated rings. The molecule has 0 spiro atoms. The Bertz CT molecular complexity index is 839. The maximum absolute atomic E-state index is 12.9. The van der Waals surface area contributed by atoms with Crippen molar-refractivity contribution in [2.75, 3.05) is 0 Å². The van der Waals surface area contributed by atoms with Crippen LogP contribution in [0.5, 0.6) is 0 Å². The van der Waals surface area contributed by atoms with E-state index in [9.17, 15) is 18.0 Å². The maximum atomic E-state index is 12.9. The van der Waals surface area contributed by atoms with E-state index >= 15 is 0 Å². The van der Waals surface area contributed by atoms with Crippen LogP contribution in [0.15, 0.2) is 73.3 Å². The van der Waals surface area contributed by atoms with Gasteiger partial charge in [0.2, 0.25) is 0 Å². The Kier molecular flexibility index (Phi) is 8.45. The van der Waals surface area contributed by atoms with Crippen LogP contribution in [0.1, 0.15) is 56.8 Å². The minimum absolute atomic E-state index is 0.0246. The molecule has 0 bridgehead atoms. The zero-order chi connectivity index (χ0) is 23.1. The molecule has 0 saturated carbocycles. The third kappa shape index (κ3) is 6.44. The number of amides is 1. The van der Waals surface area contributed by atoms with Gasteiger partial charge >= 0.3 is 12.1 Å². The molecule has 6 heteroatoms. The lowest BCUT2D eigenvalue weighted by Crippen LogP contribution is -2.47. The number of ether oxygens (including phenoxy) is 1. The molecule has 2 rings (SSSR count). The van der Waals surface area contributed by atoms with Gasteiger partial charge in [-0.1, -0.05) is 73.7 Å². The zero-order valence-electron chi connectivity index (χ0n) is 18.2. The first kappa shape index (κ1) is 24.7. The predicted octanol–water partition coefficient (Wildman–Crippen LogP) is 6.34. The second-order valence-electron chi connectivity index (χ2n) is 7.89. The van der Waals surface area contributed by atoms with Gasteiger partial charge in [0.1, 0.15) is 6.10 Å². The fourth-order valence-corrected chi connectivity index (χ4v) is 4.02. The molecule has 31 heavy (non-hydrogen) atoms. The third-order valence-electron chi connectivity index (χ3n) is 5.49. The van der Waals surface area contributed by atoms with Crippen LogP contribution >= 0.6 is 0 Å². The van der Waals surface area contributed by atoms with Gasteiger partial charge in [0.15, 0.2) is 0 Å². The number of halogens is 3. The van der Waals surface area contributed by atoms with Crippen molar-refractivity contribution in [1.29, 1.82) is 0 Å². The minimum atomic E-state index is -4.96. The molecule has 3 nitrogen and oxygen atoms in total. The summed E-state index contributed by atoms with van der Waals surface area (Å²) in [4.78, 5) is 11.6. The van der Waals surface area contributed by atoms with Gasteiger partial charge in [0.25, 0.3) is 0 Å². The lowest BCUT2D eigenvalue weighted by atomic mass is 9.78. The van der Waals surface area contributed by atoms with E-state index in [0.29, 0.717) is 12.0 Å². The summed E-state index contributed by atoms with van der Waals surface area (Å²) in [7, 11) is 0. The first-order chi connectivity index (χ1) is 14.6. The maximum Gasteiger partial charge on any atom is 0.471 e. The van der Waals surface area contributed by atoms with Gasteiger partial charge in [0.05, 0.1) is 11.6 Å². The molecule has 168 valence electrons. The van der Waals surface area contributed by atoms with Crippen LogP contribution in [-0.4, -0.2) is 23.7 Å². The van der Waals surface area contributed by atoms with E-state index < -0.39 is 29.8 Å². The lowest BCUT2D eigenvalue weighted by Gasteiger charge is -2.42. The van der Waals surface area contributed by atoms with Crippen LogP contribution in [0.4, 0.5) is 13.2 Å². The van der Waals surface area contributed by atoms with E-state index in [4.69, 9.17) is 4.74 Å². The van der Waals surface area contributed by atoms with Crippen molar-refractivity contribution in [3.63, 3.8) is 0 Å². The first-order valence-corrected chi connectivity index (χ1v) is 10.4. The number of benzene rings is 2. The molecule has 0 saturated heterocycles. The second-order valence-corrected chi connectivity index (χ2v) is 7.89. The molecular formula is C25H30F3NO2. The Morgan fingerprint density at radius 1 is 1.06 bits per heavy atom. The van der Waals surface area contributed by atoms with E-state index in [1.165, 1.54) is 6.92 Å². The monoisotopic (exact) mass is 433 g/mol. The van der Waals surface area contributed by atoms with Crippen LogP contribution in [0.3, 0.4) is 0 Å². The molecule has 0 unspecified atom stereocenters.